The molecule has 4 nitrogen and oxygen atoms in total. The lowest BCUT2D eigenvalue weighted by Crippen LogP contribution is -2.55. The van der Waals surface area contributed by atoms with E-state index in [1.165, 1.54) is 39.2 Å². The molecular weight excluding hydrogens is 448 g/mol. The van der Waals surface area contributed by atoms with Crippen LogP contribution in [0.15, 0.2) is 0 Å². The van der Waals surface area contributed by atoms with Gasteiger partial charge in [0, 0.05) is 0 Å². The van der Waals surface area contributed by atoms with E-state index in [-0.39, 0.29) is 45.9 Å². The summed E-state index contributed by atoms with van der Waals surface area (Å²) in [5, 5.41) is 0. The zero-order chi connectivity index (χ0) is 26.7. The number of hydrogen-bond donors (Lipinski definition) is 0. The quantitative estimate of drug-likeness (QED) is 0.369. The molecule has 4 aliphatic carbocycles. The summed E-state index contributed by atoms with van der Waals surface area (Å²) < 4.78 is 11.0. The Morgan fingerprint density at radius 2 is 1.22 bits per heavy atom. The number of carbonyl (C=O) groups is 2. The first kappa shape index (κ1) is 28.0. The summed E-state index contributed by atoms with van der Waals surface area (Å²) in [6.07, 6.45) is 12.6. The lowest BCUT2D eigenvalue weighted by Gasteiger charge is -2.62. The molecule has 0 N–H and O–H groups in total. The second kappa shape index (κ2) is 9.30. The highest BCUT2D eigenvalue weighted by Crippen LogP contribution is 2.69. The third-order valence-corrected chi connectivity index (χ3v) is 12.6. The molecule has 0 aromatic heterocycles. The second-order valence-corrected chi connectivity index (χ2v) is 15.5. The van der Waals surface area contributed by atoms with Gasteiger partial charge in [-0.25, -0.2) is 0 Å². The fourth-order valence-corrected chi connectivity index (χ4v) is 11.3. The molecule has 4 saturated carbocycles. The minimum Gasteiger partial charge on any atom is -0.469 e. The Kier molecular flexibility index (Phi) is 7.22. The minimum atomic E-state index is -0.274. The number of hydrogen-bond acceptors (Lipinski definition) is 4. The fraction of sp³-hybridized carbons (Fsp3) is 0.938. The monoisotopic (exact) mass is 502 g/mol. The van der Waals surface area contributed by atoms with Crippen molar-refractivity contribution < 1.29 is 19.1 Å². The predicted molar refractivity (Wildman–Crippen MR) is 144 cm³/mol. The molecular formula is C32H54O4. The highest BCUT2D eigenvalue weighted by atomic mass is 16.5. The first-order valence-corrected chi connectivity index (χ1v) is 14.8. The Labute approximate surface area is 221 Å². The minimum absolute atomic E-state index is 0.0636. The van der Waals surface area contributed by atoms with E-state index in [1.54, 1.807) is 7.11 Å². The van der Waals surface area contributed by atoms with E-state index >= 15 is 0 Å². The Bertz CT molecular complexity index is 860. The molecule has 0 heterocycles. The van der Waals surface area contributed by atoms with Crippen LogP contribution >= 0.6 is 0 Å². The molecule has 0 aliphatic heterocycles. The summed E-state index contributed by atoms with van der Waals surface area (Å²) in [7, 11) is 3.08. The smallest absolute Gasteiger partial charge is 0.309 e. The van der Waals surface area contributed by atoms with Crippen LogP contribution in [0, 0.1) is 56.7 Å². The van der Waals surface area contributed by atoms with Crippen LogP contribution in [-0.4, -0.2) is 26.2 Å². The zero-order valence-electron chi connectivity index (χ0n) is 24.8. The van der Waals surface area contributed by atoms with Crippen LogP contribution in [0.1, 0.15) is 119 Å². The van der Waals surface area contributed by atoms with Gasteiger partial charge in [0.05, 0.1) is 26.1 Å². The Balaban J connectivity index is 1.78. The number of rotatable bonds is 3. The van der Waals surface area contributed by atoms with Crippen molar-refractivity contribution >= 4 is 11.9 Å². The van der Waals surface area contributed by atoms with Crippen molar-refractivity contribution in [2.75, 3.05) is 14.2 Å². The summed E-state index contributed by atoms with van der Waals surface area (Å²) in [6, 6.07) is 0. The Morgan fingerprint density at radius 1 is 0.639 bits per heavy atom. The van der Waals surface area contributed by atoms with Gasteiger partial charge in [0.1, 0.15) is 0 Å². The molecule has 4 heteroatoms. The van der Waals surface area contributed by atoms with Crippen LogP contribution < -0.4 is 0 Å². The predicted octanol–water partition coefficient (Wildman–Crippen LogP) is 7.83. The largest absolute Gasteiger partial charge is 0.469 e. The van der Waals surface area contributed by atoms with Crippen LogP contribution in [0.5, 0.6) is 0 Å². The van der Waals surface area contributed by atoms with Crippen molar-refractivity contribution in [3.8, 4) is 0 Å². The lowest BCUT2D eigenvalue weighted by atomic mass is 9.42. The highest BCUT2D eigenvalue weighted by molar-refractivity contribution is 5.76. The van der Waals surface area contributed by atoms with Gasteiger partial charge in [-0.15, -0.1) is 0 Å². The summed E-state index contributed by atoms with van der Waals surface area (Å²) in [4.78, 5) is 26.9. The van der Waals surface area contributed by atoms with Gasteiger partial charge in [0.15, 0.2) is 0 Å². The molecule has 0 amide bonds. The zero-order valence-corrected chi connectivity index (χ0v) is 24.8. The Morgan fingerprint density at radius 3 is 1.83 bits per heavy atom. The lowest BCUT2D eigenvalue weighted by molar-refractivity contribution is -0.172. The SMILES string of the molecule is COC(=O)C1CC2(C)CCC3C(C)(C)CCCC3(C)C2CCC1C1(C)CCCC(C)(C)C1C(=O)OC. The molecule has 8 unspecified atom stereocenters. The van der Waals surface area contributed by atoms with Gasteiger partial charge in [-0.2, -0.15) is 0 Å². The van der Waals surface area contributed by atoms with Crippen LogP contribution in [0.3, 0.4) is 0 Å². The molecule has 206 valence electrons. The molecule has 0 spiro atoms. The van der Waals surface area contributed by atoms with E-state index < -0.39 is 0 Å². The van der Waals surface area contributed by atoms with E-state index in [2.05, 4.69) is 48.5 Å². The van der Waals surface area contributed by atoms with Crippen LogP contribution in [-0.2, 0) is 19.1 Å². The van der Waals surface area contributed by atoms with Crippen molar-refractivity contribution in [2.45, 2.75) is 119 Å². The standard InChI is InChI=1S/C32H54O4/c1-28(2)15-10-18-32(7)23(28)14-19-30(5)20-21(26(33)35-8)22(12-13-24(30)32)31(6)17-11-16-29(3,4)25(31)27(34)36-9/h21-25H,10-20H2,1-9H3. The first-order chi connectivity index (χ1) is 16.7. The molecule has 0 bridgehead atoms. The van der Waals surface area contributed by atoms with Gasteiger partial charge in [0.2, 0.25) is 0 Å². The maximum Gasteiger partial charge on any atom is 0.309 e. The van der Waals surface area contributed by atoms with Crippen LogP contribution in [0.4, 0.5) is 0 Å². The summed E-state index contributed by atoms with van der Waals surface area (Å²) in [6.45, 7) is 16.9. The average molecular weight is 503 g/mol. The Hall–Kier alpha value is -1.06. The third-order valence-electron chi connectivity index (χ3n) is 12.6. The topological polar surface area (TPSA) is 52.6 Å². The van der Waals surface area contributed by atoms with Crippen molar-refractivity contribution in [1.82, 2.24) is 0 Å². The highest BCUT2D eigenvalue weighted by Gasteiger charge is 2.63. The van der Waals surface area contributed by atoms with Gasteiger partial charge in [-0.05, 0) is 103 Å². The molecule has 8 atom stereocenters. The van der Waals surface area contributed by atoms with Gasteiger partial charge in [0.25, 0.3) is 0 Å². The molecule has 4 fully saturated rings. The molecule has 0 aromatic carbocycles. The normalized spacial score (nSPS) is 46.0. The maximum absolute atomic E-state index is 13.6. The number of fused-ring (bicyclic) bond motifs is 3. The molecule has 4 aliphatic rings. The van der Waals surface area contributed by atoms with Crippen molar-refractivity contribution in [1.29, 1.82) is 0 Å². The van der Waals surface area contributed by atoms with Gasteiger partial charge in [-0.3, -0.25) is 9.59 Å². The summed E-state index contributed by atoms with van der Waals surface area (Å²) >= 11 is 0. The van der Waals surface area contributed by atoms with Crippen molar-refractivity contribution in [3.05, 3.63) is 0 Å². The average Bonchev–Trinajstić information content (AvgIpc) is 2.94. The van der Waals surface area contributed by atoms with E-state index in [0.29, 0.717) is 16.7 Å². The molecule has 0 saturated heterocycles. The van der Waals surface area contributed by atoms with E-state index in [9.17, 15) is 9.59 Å². The molecule has 0 radical (unpaired) electrons. The first-order valence-electron chi connectivity index (χ1n) is 14.8. The van der Waals surface area contributed by atoms with Crippen LogP contribution in [0.2, 0.25) is 0 Å². The molecule has 36 heavy (non-hydrogen) atoms. The number of carbonyl (C=O) groups excluding carboxylic acids is 2. The molecule has 0 aromatic rings. The van der Waals surface area contributed by atoms with Gasteiger partial charge in [-0.1, -0.05) is 61.3 Å². The van der Waals surface area contributed by atoms with Crippen molar-refractivity contribution in [2.24, 2.45) is 56.7 Å². The van der Waals surface area contributed by atoms with Gasteiger partial charge >= 0.3 is 11.9 Å². The van der Waals surface area contributed by atoms with Gasteiger partial charge < -0.3 is 9.47 Å². The third kappa shape index (κ3) is 4.25. The maximum atomic E-state index is 13.6. The fourth-order valence-electron chi connectivity index (χ4n) is 11.3. The van der Waals surface area contributed by atoms with E-state index in [4.69, 9.17) is 9.47 Å². The van der Waals surface area contributed by atoms with E-state index in [0.717, 1.165) is 44.4 Å². The molecule has 4 rings (SSSR count). The van der Waals surface area contributed by atoms with E-state index in [1.807, 2.05) is 0 Å². The van der Waals surface area contributed by atoms with Crippen molar-refractivity contribution in [3.63, 3.8) is 0 Å². The summed E-state index contributed by atoms with van der Waals surface area (Å²) in [5.41, 5.74) is 0.418. The number of ether oxygens (including phenoxy) is 2. The second-order valence-electron chi connectivity index (χ2n) is 15.5. The number of methoxy groups -OCH3 is 2. The van der Waals surface area contributed by atoms with Crippen LogP contribution in [0.25, 0.3) is 0 Å². The summed E-state index contributed by atoms with van der Waals surface area (Å²) in [5.74, 6) is 0.966. The number of esters is 2.